The van der Waals surface area contributed by atoms with Crippen molar-refractivity contribution in [3.63, 3.8) is 0 Å². The minimum atomic E-state index is -1.22. The molecule has 2 heterocycles. The van der Waals surface area contributed by atoms with Crippen molar-refractivity contribution in [1.82, 2.24) is 9.55 Å². The number of rotatable bonds is 7. The number of H-pyrrole nitrogens is 1. The summed E-state index contributed by atoms with van der Waals surface area (Å²) in [5.41, 5.74) is 1.93. The van der Waals surface area contributed by atoms with Gasteiger partial charge < -0.3 is 19.4 Å². The molecule has 0 spiro atoms. The van der Waals surface area contributed by atoms with Crippen molar-refractivity contribution in [2.75, 3.05) is 7.11 Å². The Morgan fingerprint density at radius 3 is 2.59 bits per heavy atom. The molecule has 4 rings (SSSR count). The van der Waals surface area contributed by atoms with Gasteiger partial charge in [0.2, 0.25) is 0 Å². The molecule has 2 N–H and O–H groups in total. The molecule has 0 amide bonds. The molecule has 9 heteroatoms. The zero-order chi connectivity index (χ0) is 24.6. The van der Waals surface area contributed by atoms with Crippen molar-refractivity contribution in [3.05, 3.63) is 92.0 Å². The van der Waals surface area contributed by atoms with E-state index in [1.165, 1.54) is 31.5 Å². The number of carboxylic acid groups (broad SMARTS) is 1. The molecule has 0 aliphatic carbocycles. The minimum absolute atomic E-state index is 0.00521. The zero-order valence-corrected chi connectivity index (χ0v) is 18.9. The summed E-state index contributed by atoms with van der Waals surface area (Å²) >= 11 is 0. The van der Waals surface area contributed by atoms with Gasteiger partial charge in [-0.1, -0.05) is 19.9 Å². The maximum absolute atomic E-state index is 12.7. The molecule has 34 heavy (non-hydrogen) atoms. The van der Waals surface area contributed by atoms with Crippen molar-refractivity contribution in [2.45, 2.75) is 26.3 Å². The van der Waals surface area contributed by atoms with Crippen LogP contribution in [0.2, 0.25) is 0 Å². The van der Waals surface area contributed by atoms with E-state index in [2.05, 4.69) is 4.98 Å². The molecule has 174 valence electrons. The molecule has 0 fully saturated rings. The summed E-state index contributed by atoms with van der Waals surface area (Å²) in [6.07, 6.45) is 1.49. The largest absolute Gasteiger partial charge is 0.496 e. The Kier molecular flexibility index (Phi) is 5.93. The Morgan fingerprint density at radius 1 is 1.21 bits per heavy atom. The predicted octanol–water partition coefficient (Wildman–Crippen LogP) is 4.78. The van der Waals surface area contributed by atoms with E-state index in [4.69, 9.17) is 4.74 Å². The highest BCUT2D eigenvalue weighted by Gasteiger charge is 2.26. The lowest BCUT2D eigenvalue weighted by molar-refractivity contribution is -0.384. The van der Waals surface area contributed by atoms with Gasteiger partial charge in [0.25, 0.3) is 11.2 Å². The maximum atomic E-state index is 12.7. The van der Waals surface area contributed by atoms with Crippen LogP contribution in [0.25, 0.3) is 22.0 Å². The summed E-state index contributed by atoms with van der Waals surface area (Å²) in [4.78, 5) is 38.7. The lowest BCUT2D eigenvalue weighted by atomic mass is 9.97. The van der Waals surface area contributed by atoms with Crippen LogP contribution < -0.4 is 10.3 Å². The lowest BCUT2D eigenvalue weighted by Gasteiger charge is -2.13. The van der Waals surface area contributed by atoms with E-state index in [1.807, 2.05) is 32.0 Å². The Bertz CT molecular complexity index is 1480. The van der Waals surface area contributed by atoms with Crippen LogP contribution in [-0.4, -0.2) is 32.7 Å². The zero-order valence-electron chi connectivity index (χ0n) is 18.9. The Balaban J connectivity index is 2.07. The normalized spacial score (nSPS) is 11.2. The van der Waals surface area contributed by atoms with Crippen molar-refractivity contribution in [1.29, 1.82) is 0 Å². The molecular formula is C25H23N3O6. The third kappa shape index (κ3) is 3.92. The standard InChI is InChI=1S/C25H23N3O6/c1-14(2)15-6-8-20-19(12-15)22(18-5-4-10-26-24(18)29)23(25(30)31)27(20)13-16-11-17(28(32)33)7-9-21(16)34-3/h4-12,14H,13H2,1-3H3,(H,26,29)(H,30,31). The number of ether oxygens (including phenoxy) is 1. The predicted molar refractivity (Wildman–Crippen MR) is 128 cm³/mol. The molecule has 0 aliphatic rings. The first kappa shape index (κ1) is 22.8. The van der Waals surface area contributed by atoms with Gasteiger partial charge in [-0.2, -0.15) is 0 Å². The van der Waals surface area contributed by atoms with Gasteiger partial charge in [-0.3, -0.25) is 14.9 Å². The monoisotopic (exact) mass is 461 g/mol. The molecule has 2 aromatic heterocycles. The number of fused-ring (bicyclic) bond motifs is 1. The second kappa shape index (κ2) is 8.86. The molecule has 0 aliphatic heterocycles. The Labute approximate surface area is 194 Å². The van der Waals surface area contributed by atoms with Crippen LogP contribution >= 0.6 is 0 Å². The van der Waals surface area contributed by atoms with Crippen molar-refractivity contribution >= 4 is 22.6 Å². The van der Waals surface area contributed by atoms with E-state index < -0.39 is 16.5 Å². The average Bonchev–Trinajstić information content (AvgIpc) is 3.12. The number of methoxy groups -OCH3 is 1. The van der Waals surface area contributed by atoms with E-state index >= 15 is 0 Å². The van der Waals surface area contributed by atoms with Gasteiger partial charge in [-0.05, 0) is 41.8 Å². The van der Waals surface area contributed by atoms with E-state index in [9.17, 15) is 24.8 Å². The highest BCUT2D eigenvalue weighted by molar-refractivity contribution is 6.08. The number of hydrogen-bond donors (Lipinski definition) is 2. The second-order valence-electron chi connectivity index (χ2n) is 8.21. The van der Waals surface area contributed by atoms with E-state index in [1.54, 1.807) is 16.7 Å². The molecular weight excluding hydrogens is 438 g/mol. The number of carbonyl (C=O) groups is 1. The molecule has 0 radical (unpaired) electrons. The molecule has 2 aromatic carbocycles. The number of aromatic nitrogens is 2. The van der Waals surface area contributed by atoms with Gasteiger partial charge >= 0.3 is 5.97 Å². The summed E-state index contributed by atoms with van der Waals surface area (Å²) in [5.74, 6) is -0.647. The highest BCUT2D eigenvalue weighted by Crippen LogP contribution is 2.37. The Hall–Kier alpha value is -4.40. The summed E-state index contributed by atoms with van der Waals surface area (Å²) in [6, 6.07) is 13.0. The molecule has 0 atom stereocenters. The van der Waals surface area contributed by atoms with Crippen molar-refractivity contribution in [3.8, 4) is 16.9 Å². The third-order valence-corrected chi connectivity index (χ3v) is 5.85. The lowest BCUT2D eigenvalue weighted by Crippen LogP contribution is -2.14. The maximum Gasteiger partial charge on any atom is 0.353 e. The fourth-order valence-electron chi connectivity index (χ4n) is 4.18. The molecule has 9 nitrogen and oxygen atoms in total. The average molecular weight is 461 g/mol. The van der Waals surface area contributed by atoms with Crippen molar-refractivity contribution < 1.29 is 19.6 Å². The number of nitrogens with zero attached hydrogens (tertiary/aromatic N) is 2. The van der Waals surface area contributed by atoms with Crippen LogP contribution in [0, 0.1) is 10.1 Å². The first-order valence-corrected chi connectivity index (χ1v) is 10.6. The number of pyridine rings is 1. The molecule has 0 saturated carbocycles. The summed E-state index contributed by atoms with van der Waals surface area (Å²) in [5, 5.41) is 22.2. The molecule has 0 bridgehead atoms. The summed E-state index contributed by atoms with van der Waals surface area (Å²) in [7, 11) is 1.44. The van der Waals surface area contributed by atoms with Gasteiger partial charge in [-0.25, -0.2) is 4.79 Å². The summed E-state index contributed by atoms with van der Waals surface area (Å²) in [6.45, 7) is 4.05. The van der Waals surface area contributed by atoms with Crippen LogP contribution in [0.1, 0.15) is 41.4 Å². The third-order valence-electron chi connectivity index (χ3n) is 5.85. The first-order chi connectivity index (χ1) is 16.2. The number of aromatic carboxylic acids is 1. The van der Waals surface area contributed by atoms with Crippen molar-refractivity contribution in [2.24, 2.45) is 0 Å². The fraction of sp³-hybridized carbons (Fsp3) is 0.200. The summed E-state index contributed by atoms with van der Waals surface area (Å²) < 4.78 is 6.95. The number of nitrogens with one attached hydrogen (secondary N) is 1. The van der Waals surface area contributed by atoms with Gasteiger partial charge in [0.05, 0.1) is 18.6 Å². The number of hydrogen-bond acceptors (Lipinski definition) is 5. The van der Waals surface area contributed by atoms with Gasteiger partial charge in [0, 0.05) is 45.9 Å². The second-order valence-corrected chi connectivity index (χ2v) is 8.21. The quantitative estimate of drug-likeness (QED) is 0.301. The number of benzene rings is 2. The van der Waals surface area contributed by atoms with E-state index in [-0.39, 0.29) is 29.4 Å². The number of aromatic amines is 1. The van der Waals surface area contributed by atoms with Gasteiger partial charge in [-0.15, -0.1) is 0 Å². The molecule has 0 saturated heterocycles. The molecule has 4 aromatic rings. The van der Waals surface area contributed by atoms with E-state index in [0.29, 0.717) is 27.8 Å². The highest BCUT2D eigenvalue weighted by atomic mass is 16.6. The van der Waals surface area contributed by atoms with Gasteiger partial charge in [0.1, 0.15) is 11.4 Å². The number of nitro benzene ring substituents is 1. The molecule has 0 unspecified atom stereocenters. The van der Waals surface area contributed by atoms with Crippen LogP contribution in [0.4, 0.5) is 5.69 Å². The SMILES string of the molecule is COc1ccc([N+](=O)[O-])cc1Cn1c(C(=O)O)c(-c2ccc[nH]c2=O)c2cc(C(C)C)ccc21. The number of carboxylic acids is 1. The topological polar surface area (TPSA) is 127 Å². The fourth-order valence-corrected chi connectivity index (χ4v) is 4.18. The van der Waals surface area contributed by atoms with E-state index in [0.717, 1.165) is 5.56 Å². The Morgan fingerprint density at radius 2 is 1.97 bits per heavy atom. The van der Waals surface area contributed by atoms with Crippen LogP contribution in [-0.2, 0) is 6.54 Å². The van der Waals surface area contributed by atoms with Gasteiger partial charge in [0.15, 0.2) is 0 Å². The number of non-ortho nitro benzene ring substituents is 1. The van der Waals surface area contributed by atoms with Crippen LogP contribution in [0.15, 0.2) is 59.5 Å². The van der Waals surface area contributed by atoms with Crippen LogP contribution in [0.5, 0.6) is 5.75 Å². The minimum Gasteiger partial charge on any atom is -0.496 e. The van der Waals surface area contributed by atoms with Crippen LogP contribution in [0.3, 0.4) is 0 Å². The smallest absolute Gasteiger partial charge is 0.353 e. The first-order valence-electron chi connectivity index (χ1n) is 10.6. The number of nitro groups is 1.